The Balaban J connectivity index is 1.76. The van der Waals surface area contributed by atoms with E-state index in [1.807, 2.05) is 30.3 Å². The average molecular weight is 362 g/mol. The van der Waals surface area contributed by atoms with Gasteiger partial charge in [0.15, 0.2) is 5.78 Å². The minimum atomic E-state index is 0.0774. The number of benzene rings is 2. The van der Waals surface area contributed by atoms with Gasteiger partial charge in [0.25, 0.3) is 0 Å². The zero-order chi connectivity index (χ0) is 19.0. The maximum Gasteiger partial charge on any atom is 0.195 e. The molecule has 140 valence electrons. The van der Waals surface area contributed by atoms with Crippen molar-refractivity contribution >= 4 is 16.7 Å². The van der Waals surface area contributed by atoms with Crippen molar-refractivity contribution in [2.45, 2.75) is 19.9 Å². The molecular weight excluding hydrogens is 336 g/mol. The topological polar surface area (TPSA) is 34.5 Å². The molecule has 0 aliphatic carbocycles. The molecule has 0 spiro atoms. The number of ether oxygens (including phenoxy) is 1. The summed E-state index contributed by atoms with van der Waals surface area (Å²) in [5, 5.41) is 1.04. The number of fused-ring (bicyclic) bond motifs is 1. The second-order valence-electron chi connectivity index (χ2n) is 7.56. The number of rotatable bonds is 5. The molecule has 0 radical (unpaired) electrons. The fourth-order valence-corrected chi connectivity index (χ4v) is 4.27. The van der Waals surface area contributed by atoms with Gasteiger partial charge in [0, 0.05) is 35.2 Å². The van der Waals surface area contributed by atoms with Gasteiger partial charge in [-0.15, -0.1) is 0 Å². The third-order valence-corrected chi connectivity index (χ3v) is 5.74. The van der Waals surface area contributed by atoms with Gasteiger partial charge in [-0.05, 0) is 63.2 Å². The van der Waals surface area contributed by atoms with E-state index in [0.717, 1.165) is 47.5 Å². The first-order valence-electron chi connectivity index (χ1n) is 9.53. The number of hydrogen-bond donors (Lipinski definition) is 0. The molecule has 1 saturated heterocycles. The van der Waals surface area contributed by atoms with Gasteiger partial charge in [0.2, 0.25) is 0 Å². The average Bonchev–Trinajstić information content (AvgIpc) is 3.23. The summed E-state index contributed by atoms with van der Waals surface area (Å²) in [5.74, 6) is 1.47. The van der Waals surface area contributed by atoms with Crippen LogP contribution >= 0.6 is 0 Å². The molecule has 4 rings (SSSR count). The molecule has 1 aromatic heterocycles. The van der Waals surface area contributed by atoms with Crippen LogP contribution < -0.4 is 4.74 Å². The third-order valence-electron chi connectivity index (χ3n) is 5.74. The van der Waals surface area contributed by atoms with Crippen LogP contribution in [0, 0.1) is 12.8 Å². The molecule has 2 aromatic carbocycles. The molecule has 1 atom stereocenters. The molecule has 4 nitrogen and oxygen atoms in total. The van der Waals surface area contributed by atoms with Gasteiger partial charge >= 0.3 is 0 Å². The molecule has 0 saturated carbocycles. The first-order chi connectivity index (χ1) is 13.1. The number of carbonyl (C=O) groups is 1. The summed E-state index contributed by atoms with van der Waals surface area (Å²) in [6.45, 7) is 5.32. The summed E-state index contributed by atoms with van der Waals surface area (Å²) in [6, 6.07) is 15.6. The first-order valence-corrected chi connectivity index (χ1v) is 9.53. The van der Waals surface area contributed by atoms with Crippen molar-refractivity contribution in [3.05, 3.63) is 65.4 Å². The number of carbonyl (C=O) groups excluding carboxylic acids is 1. The molecule has 1 aliphatic heterocycles. The summed E-state index contributed by atoms with van der Waals surface area (Å²) in [4.78, 5) is 15.7. The van der Waals surface area contributed by atoms with Crippen molar-refractivity contribution in [1.82, 2.24) is 9.47 Å². The predicted octanol–water partition coefficient (Wildman–Crippen LogP) is 4.14. The number of para-hydroxylation sites is 1. The van der Waals surface area contributed by atoms with Crippen LogP contribution in [-0.4, -0.2) is 42.5 Å². The van der Waals surface area contributed by atoms with E-state index in [4.69, 9.17) is 4.74 Å². The zero-order valence-corrected chi connectivity index (χ0v) is 16.2. The van der Waals surface area contributed by atoms with Crippen LogP contribution in [0.15, 0.2) is 48.5 Å². The summed E-state index contributed by atoms with van der Waals surface area (Å²) in [5.41, 5.74) is 3.73. The van der Waals surface area contributed by atoms with E-state index >= 15 is 0 Å². The molecule has 0 bridgehead atoms. The maximum absolute atomic E-state index is 13.3. The Bertz CT molecular complexity index is 972. The minimum absolute atomic E-state index is 0.0774. The van der Waals surface area contributed by atoms with Gasteiger partial charge in [-0.2, -0.15) is 0 Å². The fraction of sp³-hybridized carbons (Fsp3) is 0.348. The molecule has 27 heavy (non-hydrogen) atoms. The lowest BCUT2D eigenvalue weighted by Gasteiger charge is -2.15. The lowest BCUT2D eigenvalue weighted by atomic mass is 10.0. The minimum Gasteiger partial charge on any atom is -0.497 e. The third kappa shape index (κ3) is 3.26. The molecule has 0 amide bonds. The van der Waals surface area contributed by atoms with Gasteiger partial charge < -0.3 is 14.2 Å². The van der Waals surface area contributed by atoms with Crippen molar-refractivity contribution in [1.29, 1.82) is 0 Å². The second kappa shape index (κ2) is 7.20. The van der Waals surface area contributed by atoms with Crippen LogP contribution in [0.3, 0.4) is 0 Å². The van der Waals surface area contributed by atoms with Crippen molar-refractivity contribution in [3.63, 3.8) is 0 Å². The van der Waals surface area contributed by atoms with Crippen LogP contribution in [0.1, 0.15) is 28.0 Å². The Hall–Kier alpha value is -2.59. The van der Waals surface area contributed by atoms with Gasteiger partial charge in [-0.3, -0.25) is 4.79 Å². The van der Waals surface area contributed by atoms with Crippen LogP contribution in [0.2, 0.25) is 0 Å². The summed E-state index contributed by atoms with van der Waals surface area (Å²) >= 11 is 0. The summed E-state index contributed by atoms with van der Waals surface area (Å²) in [7, 11) is 3.81. The highest BCUT2D eigenvalue weighted by Crippen LogP contribution is 2.30. The van der Waals surface area contributed by atoms with E-state index in [-0.39, 0.29) is 5.78 Å². The molecule has 1 unspecified atom stereocenters. The first kappa shape index (κ1) is 17.8. The van der Waals surface area contributed by atoms with Gasteiger partial charge in [-0.1, -0.05) is 18.2 Å². The van der Waals surface area contributed by atoms with Crippen LogP contribution in [0.4, 0.5) is 0 Å². The Kier molecular flexibility index (Phi) is 4.75. The van der Waals surface area contributed by atoms with Crippen molar-refractivity contribution in [2.24, 2.45) is 5.92 Å². The highest BCUT2D eigenvalue weighted by Gasteiger charge is 2.25. The number of aromatic nitrogens is 1. The molecule has 3 aromatic rings. The van der Waals surface area contributed by atoms with Crippen LogP contribution in [-0.2, 0) is 6.54 Å². The van der Waals surface area contributed by atoms with Crippen LogP contribution in [0.25, 0.3) is 10.9 Å². The van der Waals surface area contributed by atoms with Crippen molar-refractivity contribution in [3.8, 4) is 5.75 Å². The Morgan fingerprint density at radius 3 is 2.56 bits per heavy atom. The number of nitrogens with zero attached hydrogens (tertiary/aromatic N) is 2. The van der Waals surface area contributed by atoms with Crippen LogP contribution in [0.5, 0.6) is 5.75 Å². The molecule has 4 heteroatoms. The quantitative estimate of drug-likeness (QED) is 0.640. The molecule has 0 N–H and O–H groups in total. The second-order valence-corrected chi connectivity index (χ2v) is 7.56. The van der Waals surface area contributed by atoms with E-state index < -0.39 is 0 Å². The Morgan fingerprint density at radius 2 is 1.89 bits per heavy atom. The molecule has 2 heterocycles. The smallest absolute Gasteiger partial charge is 0.195 e. The Labute approximate surface area is 160 Å². The summed E-state index contributed by atoms with van der Waals surface area (Å²) < 4.78 is 7.56. The lowest BCUT2D eigenvalue weighted by Crippen LogP contribution is -2.17. The number of methoxy groups -OCH3 is 1. The normalized spacial score (nSPS) is 17.5. The van der Waals surface area contributed by atoms with E-state index in [1.165, 1.54) is 6.42 Å². The number of hydrogen-bond acceptors (Lipinski definition) is 3. The lowest BCUT2D eigenvalue weighted by molar-refractivity contribution is 0.103. The van der Waals surface area contributed by atoms with Gasteiger partial charge in [0.1, 0.15) is 5.75 Å². The largest absolute Gasteiger partial charge is 0.497 e. The number of likely N-dealkylation sites (tertiary alicyclic amines) is 1. The number of ketones is 1. The molecule has 1 aliphatic rings. The standard InChI is InChI=1S/C23H26N2O2/c1-16-22(23(26)18-8-10-19(27-3)11-9-18)20-6-4-5-7-21(20)25(16)15-17-12-13-24(2)14-17/h4-11,17H,12-15H2,1-3H3. The Morgan fingerprint density at radius 1 is 1.15 bits per heavy atom. The van der Waals surface area contributed by atoms with E-state index in [9.17, 15) is 4.79 Å². The fourth-order valence-electron chi connectivity index (χ4n) is 4.27. The summed E-state index contributed by atoms with van der Waals surface area (Å²) in [6.07, 6.45) is 1.21. The van der Waals surface area contributed by atoms with Crippen molar-refractivity contribution in [2.75, 3.05) is 27.2 Å². The van der Waals surface area contributed by atoms with E-state index in [2.05, 4.69) is 41.6 Å². The van der Waals surface area contributed by atoms with Gasteiger partial charge in [0.05, 0.1) is 12.7 Å². The zero-order valence-electron chi connectivity index (χ0n) is 16.2. The monoisotopic (exact) mass is 362 g/mol. The highest BCUT2D eigenvalue weighted by atomic mass is 16.5. The predicted molar refractivity (Wildman–Crippen MR) is 109 cm³/mol. The van der Waals surface area contributed by atoms with E-state index in [1.54, 1.807) is 7.11 Å². The molecular formula is C23H26N2O2. The van der Waals surface area contributed by atoms with E-state index in [0.29, 0.717) is 11.5 Å². The maximum atomic E-state index is 13.3. The molecule has 1 fully saturated rings. The highest BCUT2D eigenvalue weighted by molar-refractivity contribution is 6.17. The van der Waals surface area contributed by atoms with Crippen molar-refractivity contribution < 1.29 is 9.53 Å². The SMILES string of the molecule is COc1ccc(C(=O)c2c(C)n(CC3CCN(C)C3)c3ccccc23)cc1. The van der Waals surface area contributed by atoms with Gasteiger partial charge in [-0.25, -0.2) is 0 Å².